The van der Waals surface area contributed by atoms with Gasteiger partial charge in [-0.1, -0.05) is 22.0 Å². The third-order valence-corrected chi connectivity index (χ3v) is 3.22. The summed E-state index contributed by atoms with van der Waals surface area (Å²) in [7, 11) is 0. The molecule has 1 aromatic carbocycles. The Morgan fingerprint density at radius 1 is 1.40 bits per heavy atom. The van der Waals surface area contributed by atoms with E-state index in [-0.39, 0.29) is 5.56 Å². The van der Waals surface area contributed by atoms with Crippen LogP contribution in [0.15, 0.2) is 16.6 Å². The van der Waals surface area contributed by atoms with Gasteiger partial charge in [0.25, 0.3) is 0 Å². The molecule has 0 amide bonds. The van der Waals surface area contributed by atoms with Crippen molar-refractivity contribution in [1.82, 2.24) is 0 Å². The Labute approximate surface area is 95.3 Å². The topological polar surface area (TPSA) is 60.7 Å². The molecule has 0 radical (unpaired) electrons. The van der Waals surface area contributed by atoms with Gasteiger partial charge in [-0.15, -0.1) is 0 Å². The van der Waals surface area contributed by atoms with Gasteiger partial charge in [-0.3, -0.25) is 0 Å². The lowest BCUT2D eigenvalue weighted by Gasteiger charge is -2.18. The van der Waals surface area contributed by atoms with Crippen LogP contribution in [-0.4, -0.2) is 28.0 Å². The molecular formula is C10H12BrFO3. The van der Waals surface area contributed by atoms with Crippen LogP contribution in [0.25, 0.3) is 0 Å². The minimum absolute atomic E-state index is 0.0310. The predicted molar refractivity (Wildman–Crippen MR) is 56.9 cm³/mol. The third kappa shape index (κ3) is 2.55. The van der Waals surface area contributed by atoms with E-state index in [2.05, 4.69) is 15.9 Å². The number of hydrogen-bond acceptors (Lipinski definition) is 3. The molecule has 2 unspecified atom stereocenters. The molecule has 1 aromatic rings. The van der Waals surface area contributed by atoms with Gasteiger partial charge in [-0.25, -0.2) is 4.39 Å². The fourth-order valence-corrected chi connectivity index (χ4v) is 1.80. The van der Waals surface area contributed by atoms with Crippen LogP contribution in [0.3, 0.4) is 0 Å². The number of aryl methyl sites for hydroxylation is 1. The Bertz CT molecular complexity index is 357. The summed E-state index contributed by atoms with van der Waals surface area (Å²) in [6.45, 7) is 1.12. The Morgan fingerprint density at radius 2 is 2.00 bits per heavy atom. The van der Waals surface area contributed by atoms with Crippen molar-refractivity contribution < 1.29 is 19.7 Å². The number of aliphatic hydroxyl groups excluding tert-OH is 3. The van der Waals surface area contributed by atoms with E-state index in [1.165, 1.54) is 6.07 Å². The molecule has 0 saturated carbocycles. The molecule has 0 aliphatic carbocycles. The zero-order valence-electron chi connectivity index (χ0n) is 8.11. The molecule has 0 bridgehead atoms. The zero-order valence-corrected chi connectivity index (χ0v) is 9.70. The first kappa shape index (κ1) is 12.6. The van der Waals surface area contributed by atoms with Crippen molar-refractivity contribution in [3.63, 3.8) is 0 Å². The normalized spacial score (nSPS) is 15.1. The largest absolute Gasteiger partial charge is 0.394 e. The summed E-state index contributed by atoms with van der Waals surface area (Å²) in [5.74, 6) is -0.618. The third-order valence-electron chi connectivity index (χ3n) is 2.17. The van der Waals surface area contributed by atoms with Crippen LogP contribution >= 0.6 is 15.9 Å². The molecule has 2 atom stereocenters. The van der Waals surface area contributed by atoms with Crippen molar-refractivity contribution >= 4 is 15.9 Å². The maximum Gasteiger partial charge on any atom is 0.130 e. The second-order valence-corrected chi connectivity index (χ2v) is 4.08. The van der Waals surface area contributed by atoms with E-state index in [4.69, 9.17) is 5.11 Å². The van der Waals surface area contributed by atoms with Crippen molar-refractivity contribution in [3.8, 4) is 0 Å². The Balaban J connectivity index is 3.18. The lowest BCUT2D eigenvalue weighted by atomic mass is 10.0. The molecule has 0 aliphatic heterocycles. The van der Waals surface area contributed by atoms with Crippen LogP contribution in [0.2, 0.25) is 0 Å². The predicted octanol–water partition coefficient (Wildman–Crippen LogP) is 1.28. The van der Waals surface area contributed by atoms with Gasteiger partial charge < -0.3 is 15.3 Å². The van der Waals surface area contributed by atoms with Crippen LogP contribution in [-0.2, 0) is 0 Å². The van der Waals surface area contributed by atoms with Crippen LogP contribution < -0.4 is 0 Å². The van der Waals surface area contributed by atoms with E-state index in [9.17, 15) is 14.6 Å². The van der Waals surface area contributed by atoms with Gasteiger partial charge in [0, 0.05) is 10.0 Å². The number of aliphatic hydroxyl groups is 3. The molecular weight excluding hydrogens is 267 g/mol. The maximum atomic E-state index is 13.4. The summed E-state index contributed by atoms with van der Waals surface area (Å²) in [6, 6.07) is 2.77. The summed E-state index contributed by atoms with van der Waals surface area (Å²) in [4.78, 5) is 0. The van der Waals surface area contributed by atoms with Gasteiger partial charge in [0.1, 0.15) is 18.0 Å². The van der Waals surface area contributed by atoms with E-state index in [1.54, 1.807) is 13.0 Å². The van der Waals surface area contributed by atoms with Crippen LogP contribution in [0.1, 0.15) is 17.2 Å². The van der Waals surface area contributed by atoms with E-state index in [0.29, 0.717) is 4.47 Å². The van der Waals surface area contributed by atoms with Crippen molar-refractivity contribution in [3.05, 3.63) is 33.5 Å². The fraction of sp³-hybridized carbons (Fsp3) is 0.400. The van der Waals surface area contributed by atoms with Crippen molar-refractivity contribution in [2.24, 2.45) is 0 Å². The number of rotatable bonds is 3. The Morgan fingerprint density at radius 3 is 2.53 bits per heavy atom. The standard InChI is InChI=1S/C10H12BrFO3/c1-5-2-3-6(12)8(9(5)11)10(15)7(14)4-13/h2-3,7,10,13-15H,4H2,1H3. The minimum atomic E-state index is -1.44. The van der Waals surface area contributed by atoms with Crippen LogP contribution in [0.5, 0.6) is 0 Å². The highest BCUT2D eigenvalue weighted by atomic mass is 79.9. The Hall–Kier alpha value is -0.490. The number of halogens is 2. The molecule has 3 nitrogen and oxygen atoms in total. The zero-order chi connectivity index (χ0) is 11.6. The second kappa shape index (κ2) is 5.03. The molecule has 0 aromatic heterocycles. The highest BCUT2D eigenvalue weighted by Crippen LogP contribution is 2.30. The van der Waals surface area contributed by atoms with Gasteiger partial charge in [-0.05, 0) is 18.6 Å². The first-order valence-electron chi connectivity index (χ1n) is 4.40. The summed E-state index contributed by atoms with van der Waals surface area (Å²) in [6.07, 6.45) is -2.83. The quantitative estimate of drug-likeness (QED) is 0.781. The molecule has 15 heavy (non-hydrogen) atoms. The number of hydrogen-bond donors (Lipinski definition) is 3. The van der Waals surface area contributed by atoms with Crippen molar-refractivity contribution in [2.75, 3.05) is 6.61 Å². The Kier molecular flexibility index (Phi) is 4.21. The summed E-state index contributed by atoms with van der Waals surface area (Å²) in [5, 5.41) is 27.5. The molecule has 3 N–H and O–H groups in total. The first-order valence-corrected chi connectivity index (χ1v) is 5.19. The van der Waals surface area contributed by atoms with Gasteiger partial charge in [0.2, 0.25) is 0 Å². The van der Waals surface area contributed by atoms with Crippen LogP contribution in [0.4, 0.5) is 4.39 Å². The molecule has 0 spiro atoms. The highest BCUT2D eigenvalue weighted by molar-refractivity contribution is 9.10. The van der Waals surface area contributed by atoms with E-state index < -0.39 is 24.6 Å². The lowest BCUT2D eigenvalue weighted by Crippen LogP contribution is -2.23. The van der Waals surface area contributed by atoms with E-state index in [0.717, 1.165) is 5.56 Å². The smallest absolute Gasteiger partial charge is 0.130 e. The molecule has 0 saturated heterocycles. The summed E-state index contributed by atoms with van der Waals surface area (Å²) < 4.78 is 13.8. The van der Waals surface area contributed by atoms with Crippen molar-refractivity contribution in [2.45, 2.75) is 19.1 Å². The fourth-order valence-electron chi connectivity index (χ4n) is 1.24. The lowest BCUT2D eigenvalue weighted by molar-refractivity contribution is -0.0172. The molecule has 0 fully saturated rings. The van der Waals surface area contributed by atoms with Crippen LogP contribution in [0, 0.1) is 12.7 Å². The minimum Gasteiger partial charge on any atom is -0.394 e. The van der Waals surface area contributed by atoms with Gasteiger partial charge in [0.05, 0.1) is 6.61 Å². The average molecular weight is 279 g/mol. The molecule has 0 heterocycles. The highest BCUT2D eigenvalue weighted by Gasteiger charge is 2.24. The summed E-state index contributed by atoms with van der Waals surface area (Å²) >= 11 is 3.14. The van der Waals surface area contributed by atoms with Crippen molar-refractivity contribution in [1.29, 1.82) is 0 Å². The summed E-state index contributed by atoms with van der Waals surface area (Å²) in [5.41, 5.74) is 0.715. The van der Waals surface area contributed by atoms with E-state index in [1.807, 2.05) is 0 Å². The molecule has 84 valence electrons. The number of benzene rings is 1. The van der Waals surface area contributed by atoms with Gasteiger partial charge in [-0.2, -0.15) is 0 Å². The monoisotopic (exact) mass is 278 g/mol. The van der Waals surface area contributed by atoms with E-state index >= 15 is 0 Å². The molecule has 5 heteroatoms. The molecule has 1 rings (SSSR count). The van der Waals surface area contributed by atoms with Gasteiger partial charge in [0.15, 0.2) is 0 Å². The first-order chi connectivity index (χ1) is 6.99. The second-order valence-electron chi connectivity index (χ2n) is 3.29. The maximum absolute atomic E-state index is 13.4. The van der Waals surface area contributed by atoms with Gasteiger partial charge >= 0.3 is 0 Å². The average Bonchev–Trinajstić information content (AvgIpc) is 2.22. The molecule has 0 aliphatic rings. The SMILES string of the molecule is Cc1ccc(F)c(C(O)C(O)CO)c1Br.